The molecule has 2 aliphatic heterocycles. The van der Waals surface area contributed by atoms with Gasteiger partial charge in [0, 0.05) is 30.2 Å². The van der Waals surface area contributed by atoms with Crippen molar-refractivity contribution in [2.45, 2.75) is 24.9 Å². The Morgan fingerprint density at radius 3 is 2.70 bits per heavy atom. The number of hydrogen-bond donors (Lipinski definition) is 1. The van der Waals surface area contributed by atoms with E-state index in [9.17, 15) is 14.7 Å². The molecule has 0 saturated carbocycles. The second kappa shape index (κ2) is 6.05. The third-order valence-corrected chi connectivity index (χ3v) is 6.13. The Morgan fingerprint density at radius 2 is 2.07 bits per heavy atom. The van der Waals surface area contributed by atoms with E-state index in [0.29, 0.717) is 35.8 Å². The Balaban J connectivity index is 1.56. The Morgan fingerprint density at radius 1 is 1.30 bits per heavy atom. The number of carboxylic acid groups (broad SMARTS) is 1. The van der Waals surface area contributed by atoms with Gasteiger partial charge in [0.1, 0.15) is 10.5 Å². The van der Waals surface area contributed by atoms with Crippen LogP contribution in [0.4, 0.5) is 10.8 Å². The van der Waals surface area contributed by atoms with Crippen molar-refractivity contribution in [3.63, 3.8) is 0 Å². The molecule has 27 heavy (non-hydrogen) atoms. The molecule has 2 atom stereocenters. The molecule has 2 bridgehead atoms. The lowest BCUT2D eigenvalue weighted by molar-refractivity contribution is 0.112. The number of carbonyl (C=O) groups excluding carboxylic acids is 1. The minimum absolute atomic E-state index is 0.0553. The van der Waals surface area contributed by atoms with Crippen molar-refractivity contribution >= 4 is 40.8 Å². The number of nitrogens with zero attached hydrogens (tertiary/aromatic N) is 4. The number of anilines is 1. The van der Waals surface area contributed by atoms with Crippen molar-refractivity contribution in [1.82, 2.24) is 14.9 Å². The second-order valence-corrected chi connectivity index (χ2v) is 7.71. The lowest BCUT2D eigenvalue weighted by atomic mass is 10.1. The number of hydrogen-bond acceptors (Lipinski definition) is 7. The van der Waals surface area contributed by atoms with Crippen LogP contribution in [0.15, 0.2) is 28.1 Å². The largest absolute Gasteiger partial charge is 0.465 e. The minimum atomic E-state index is -0.867. The van der Waals surface area contributed by atoms with E-state index in [-0.39, 0.29) is 12.1 Å². The predicted molar refractivity (Wildman–Crippen MR) is 99.4 cm³/mol. The van der Waals surface area contributed by atoms with E-state index in [2.05, 4.69) is 9.97 Å². The molecule has 2 aromatic heterocycles. The normalized spacial score (nSPS) is 21.8. The first-order valence-corrected chi connectivity index (χ1v) is 9.58. The summed E-state index contributed by atoms with van der Waals surface area (Å²) in [5.41, 5.74) is 2.32. The first kappa shape index (κ1) is 16.2. The van der Waals surface area contributed by atoms with E-state index >= 15 is 0 Å². The lowest BCUT2D eigenvalue weighted by Gasteiger charge is -2.38. The molecule has 1 N–H and O–H groups in total. The van der Waals surface area contributed by atoms with Crippen LogP contribution in [0.1, 0.15) is 23.2 Å². The zero-order valence-corrected chi connectivity index (χ0v) is 15.1. The molecular formula is C18H16N4O4S. The van der Waals surface area contributed by atoms with Gasteiger partial charge in [-0.1, -0.05) is 0 Å². The van der Waals surface area contributed by atoms with Crippen LogP contribution in [0, 0.1) is 0 Å². The number of piperazine rings is 1. The highest BCUT2D eigenvalue weighted by Crippen LogP contribution is 2.37. The maximum absolute atomic E-state index is 11.5. The van der Waals surface area contributed by atoms with Gasteiger partial charge in [-0.15, -0.1) is 11.3 Å². The number of aldehydes is 1. The van der Waals surface area contributed by atoms with Crippen LogP contribution in [0.5, 0.6) is 0 Å². The summed E-state index contributed by atoms with van der Waals surface area (Å²) in [5.74, 6) is 0. The van der Waals surface area contributed by atoms with E-state index in [1.807, 2.05) is 16.3 Å². The number of thiazole rings is 1. The van der Waals surface area contributed by atoms with Crippen LogP contribution in [0.25, 0.3) is 21.7 Å². The van der Waals surface area contributed by atoms with E-state index < -0.39 is 6.09 Å². The van der Waals surface area contributed by atoms with Gasteiger partial charge in [-0.25, -0.2) is 9.78 Å². The quantitative estimate of drug-likeness (QED) is 0.693. The number of carbonyl (C=O) groups is 2. The predicted octanol–water partition coefficient (Wildman–Crippen LogP) is 3.09. The van der Waals surface area contributed by atoms with Gasteiger partial charge in [-0.05, 0) is 25.0 Å². The molecule has 0 spiro atoms. The number of benzene rings is 1. The van der Waals surface area contributed by atoms with Crippen molar-refractivity contribution in [3.05, 3.63) is 29.3 Å². The van der Waals surface area contributed by atoms with Crippen molar-refractivity contribution in [2.24, 2.45) is 0 Å². The Kier molecular flexibility index (Phi) is 3.64. The van der Waals surface area contributed by atoms with Gasteiger partial charge in [0.25, 0.3) is 6.01 Å². The van der Waals surface area contributed by atoms with Crippen molar-refractivity contribution < 1.29 is 19.1 Å². The average molecular weight is 384 g/mol. The molecule has 1 aromatic carbocycles. The van der Waals surface area contributed by atoms with Gasteiger partial charge in [0.2, 0.25) is 0 Å². The molecule has 5 rings (SSSR count). The van der Waals surface area contributed by atoms with Gasteiger partial charge in [-0.2, -0.15) is 4.98 Å². The molecular weight excluding hydrogens is 368 g/mol. The summed E-state index contributed by atoms with van der Waals surface area (Å²) < 4.78 is 6.08. The van der Waals surface area contributed by atoms with E-state index in [0.717, 1.165) is 29.7 Å². The maximum Gasteiger partial charge on any atom is 0.407 e. The molecule has 1 amide bonds. The molecule has 2 fully saturated rings. The molecule has 9 heteroatoms. The van der Waals surface area contributed by atoms with E-state index in [1.54, 1.807) is 17.2 Å². The van der Waals surface area contributed by atoms with E-state index in [4.69, 9.17) is 4.42 Å². The van der Waals surface area contributed by atoms with Gasteiger partial charge < -0.3 is 14.4 Å². The van der Waals surface area contributed by atoms with Crippen LogP contribution in [0.3, 0.4) is 0 Å². The van der Waals surface area contributed by atoms with Gasteiger partial charge >= 0.3 is 6.09 Å². The summed E-state index contributed by atoms with van der Waals surface area (Å²) in [6.45, 7) is 1.08. The summed E-state index contributed by atoms with van der Waals surface area (Å²) in [6, 6.07) is 3.87. The van der Waals surface area contributed by atoms with E-state index in [1.165, 1.54) is 11.3 Å². The molecule has 0 aliphatic carbocycles. The Hall–Kier alpha value is -2.94. The first-order valence-electron chi connectivity index (χ1n) is 8.70. The highest BCUT2D eigenvalue weighted by atomic mass is 32.1. The van der Waals surface area contributed by atoms with Crippen LogP contribution < -0.4 is 4.90 Å². The average Bonchev–Trinajstić information content (AvgIpc) is 3.39. The Bertz CT molecular complexity index is 1020. The summed E-state index contributed by atoms with van der Waals surface area (Å²) in [5, 5.41) is 12.1. The van der Waals surface area contributed by atoms with Gasteiger partial charge in [0.05, 0.1) is 17.6 Å². The van der Waals surface area contributed by atoms with Crippen molar-refractivity contribution in [3.8, 4) is 10.6 Å². The zero-order valence-electron chi connectivity index (χ0n) is 14.2. The van der Waals surface area contributed by atoms with Crippen LogP contribution in [0.2, 0.25) is 0 Å². The molecule has 4 heterocycles. The first-order chi connectivity index (χ1) is 13.2. The fraction of sp³-hybridized carbons (Fsp3) is 0.333. The van der Waals surface area contributed by atoms with Crippen LogP contribution in [-0.2, 0) is 0 Å². The standard InChI is InChI=1S/C18H16N4O4S/c23-9-10-1-4-13(16-19-5-6-27-16)15-14(10)20-17(26-15)21-7-11-2-3-12(8-21)22(11)18(24)25/h1,4-6,9,11-12H,2-3,7-8H2,(H,24,25). The number of fused-ring (bicyclic) bond motifs is 3. The highest BCUT2D eigenvalue weighted by molar-refractivity contribution is 7.13. The third-order valence-electron chi connectivity index (χ3n) is 5.33. The van der Waals surface area contributed by atoms with Gasteiger partial charge in [0.15, 0.2) is 11.9 Å². The second-order valence-electron chi connectivity index (χ2n) is 6.81. The Labute approximate surface area is 158 Å². The van der Waals surface area contributed by atoms with Crippen LogP contribution >= 0.6 is 11.3 Å². The topological polar surface area (TPSA) is 99.8 Å². The molecule has 2 unspecified atom stereocenters. The summed E-state index contributed by atoms with van der Waals surface area (Å²) in [7, 11) is 0. The molecule has 2 saturated heterocycles. The highest BCUT2D eigenvalue weighted by Gasteiger charge is 2.43. The maximum atomic E-state index is 11.5. The molecule has 138 valence electrons. The van der Waals surface area contributed by atoms with Crippen LogP contribution in [-0.4, -0.2) is 57.5 Å². The summed E-state index contributed by atoms with van der Waals surface area (Å²) in [6.07, 6.45) is 3.32. The minimum Gasteiger partial charge on any atom is -0.465 e. The lowest BCUT2D eigenvalue weighted by Crippen LogP contribution is -2.55. The SMILES string of the molecule is O=Cc1ccc(-c2nccs2)c2oc(N3CC4CCC(C3)N4C(=O)O)nc12. The zero-order chi connectivity index (χ0) is 18.5. The number of rotatable bonds is 3. The molecule has 8 nitrogen and oxygen atoms in total. The summed E-state index contributed by atoms with van der Waals surface area (Å²) >= 11 is 1.49. The third kappa shape index (κ3) is 2.49. The smallest absolute Gasteiger partial charge is 0.407 e. The number of amides is 1. The molecule has 3 aromatic rings. The monoisotopic (exact) mass is 384 g/mol. The van der Waals surface area contributed by atoms with Gasteiger partial charge in [-0.3, -0.25) is 9.69 Å². The van der Waals surface area contributed by atoms with Crippen molar-refractivity contribution in [2.75, 3.05) is 18.0 Å². The number of aromatic nitrogens is 2. The number of oxazole rings is 1. The summed E-state index contributed by atoms with van der Waals surface area (Å²) in [4.78, 5) is 35.4. The fourth-order valence-corrected chi connectivity index (χ4v) is 4.80. The molecule has 0 radical (unpaired) electrons. The van der Waals surface area contributed by atoms with Crippen molar-refractivity contribution in [1.29, 1.82) is 0 Å². The fourth-order valence-electron chi connectivity index (χ4n) is 4.14. The molecule has 2 aliphatic rings.